The lowest BCUT2D eigenvalue weighted by Crippen LogP contribution is -2.15. The number of nitrogens with one attached hydrogen (secondary N) is 2. The van der Waals surface area contributed by atoms with E-state index in [1.54, 1.807) is 0 Å². The number of anilines is 1. The van der Waals surface area contributed by atoms with Crippen molar-refractivity contribution in [1.29, 1.82) is 0 Å². The van der Waals surface area contributed by atoms with Crippen LogP contribution in [-0.2, 0) is 6.18 Å². The molecule has 18 heavy (non-hydrogen) atoms. The predicted octanol–water partition coefficient (Wildman–Crippen LogP) is 1.91. The van der Waals surface area contributed by atoms with Crippen LogP contribution < -0.4 is 10.6 Å². The fourth-order valence-electron chi connectivity index (χ4n) is 1.95. The monoisotopic (exact) mass is 260 g/mol. The molecular formula is C11H15F3N4. The first-order chi connectivity index (χ1) is 8.55. The molecule has 2 rings (SSSR count). The lowest BCUT2D eigenvalue weighted by atomic mass is 10.1. The maximum Gasteiger partial charge on any atom is 0.433 e. The van der Waals surface area contributed by atoms with E-state index in [0.717, 1.165) is 38.2 Å². The molecule has 1 saturated heterocycles. The summed E-state index contributed by atoms with van der Waals surface area (Å²) >= 11 is 0. The summed E-state index contributed by atoms with van der Waals surface area (Å²) in [4.78, 5) is 7.22. The van der Waals surface area contributed by atoms with Crippen LogP contribution in [0.1, 0.15) is 18.5 Å². The van der Waals surface area contributed by atoms with Crippen molar-refractivity contribution in [1.82, 2.24) is 15.3 Å². The van der Waals surface area contributed by atoms with E-state index in [1.807, 2.05) is 0 Å². The maximum atomic E-state index is 12.4. The smallest absolute Gasteiger partial charge is 0.354 e. The van der Waals surface area contributed by atoms with E-state index in [2.05, 4.69) is 20.6 Å². The van der Waals surface area contributed by atoms with Gasteiger partial charge in [0.15, 0.2) is 0 Å². The van der Waals surface area contributed by atoms with Gasteiger partial charge in [0.25, 0.3) is 0 Å². The number of rotatable bonds is 4. The van der Waals surface area contributed by atoms with Crippen LogP contribution in [0.5, 0.6) is 0 Å². The van der Waals surface area contributed by atoms with E-state index in [9.17, 15) is 13.2 Å². The molecule has 4 nitrogen and oxygen atoms in total. The van der Waals surface area contributed by atoms with Crippen molar-refractivity contribution < 1.29 is 13.2 Å². The molecular weight excluding hydrogens is 245 g/mol. The number of aromatic nitrogens is 2. The third kappa shape index (κ3) is 3.56. The van der Waals surface area contributed by atoms with Crippen molar-refractivity contribution in [3.8, 4) is 0 Å². The van der Waals surface area contributed by atoms with Gasteiger partial charge in [-0.2, -0.15) is 13.2 Å². The van der Waals surface area contributed by atoms with E-state index in [-0.39, 0.29) is 5.95 Å². The maximum absolute atomic E-state index is 12.4. The third-order valence-electron chi connectivity index (χ3n) is 2.94. The average molecular weight is 260 g/mol. The number of hydrogen-bond donors (Lipinski definition) is 2. The third-order valence-corrected chi connectivity index (χ3v) is 2.94. The summed E-state index contributed by atoms with van der Waals surface area (Å²) in [6.07, 6.45) is -1.28. The standard InChI is InChI=1S/C11H15F3N4/c12-11(13,14)9-3-6-17-10(18-9)16-5-2-8-1-4-15-7-8/h3,6,8,15H,1-2,4-5,7H2,(H,16,17,18). The number of alkyl halides is 3. The van der Waals surface area contributed by atoms with Crippen molar-refractivity contribution >= 4 is 5.95 Å². The fraction of sp³-hybridized carbons (Fsp3) is 0.636. The van der Waals surface area contributed by atoms with Gasteiger partial charge in [-0.3, -0.25) is 0 Å². The highest BCUT2D eigenvalue weighted by atomic mass is 19.4. The predicted molar refractivity (Wildman–Crippen MR) is 61.1 cm³/mol. The Kier molecular flexibility index (Phi) is 4.00. The normalized spacial score (nSPS) is 20.1. The molecule has 0 bridgehead atoms. The molecule has 1 aromatic heterocycles. The van der Waals surface area contributed by atoms with Gasteiger partial charge < -0.3 is 10.6 Å². The molecule has 0 saturated carbocycles. The van der Waals surface area contributed by atoms with Crippen LogP contribution in [0.3, 0.4) is 0 Å². The van der Waals surface area contributed by atoms with Crippen LogP contribution in [0.15, 0.2) is 12.3 Å². The van der Waals surface area contributed by atoms with Crippen molar-refractivity contribution in [2.45, 2.75) is 19.0 Å². The Morgan fingerprint density at radius 2 is 2.28 bits per heavy atom. The molecule has 0 radical (unpaired) electrons. The van der Waals surface area contributed by atoms with Crippen molar-refractivity contribution in [2.24, 2.45) is 5.92 Å². The van der Waals surface area contributed by atoms with Crippen LogP contribution >= 0.6 is 0 Å². The van der Waals surface area contributed by atoms with E-state index in [0.29, 0.717) is 12.5 Å². The highest BCUT2D eigenvalue weighted by molar-refractivity contribution is 5.25. The number of halogens is 3. The van der Waals surface area contributed by atoms with Crippen molar-refractivity contribution in [3.63, 3.8) is 0 Å². The summed E-state index contributed by atoms with van der Waals surface area (Å²) in [6, 6.07) is 0.867. The Morgan fingerprint density at radius 3 is 2.94 bits per heavy atom. The first-order valence-electron chi connectivity index (χ1n) is 5.90. The molecule has 1 atom stereocenters. The van der Waals surface area contributed by atoms with Gasteiger partial charge in [0.2, 0.25) is 5.95 Å². The lowest BCUT2D eigenvalue weighted by Gasteiger charge is -2.10. The highest BCUT2D eigenvalue weighted by Crippen LogP contribution is 2.27. The van der Waals surface area contributed by atoms with Crippen LogP contribution in [0.4, 0.5) is 19.1 Å². The molecule has 1 aliphatic heterocycles. The molecule has 1 aliphatic rings. The minimum atomic E-state index is -4.42. The van der Waals surface area contributed by atoms with E-state index < -0.39 is 11.9 Å². The minimum absolute atomic E-state index is 0.0378. The van der Waals surface area contributed by atoms with Crippen LogP contribution in [-0.4, -0.2) is 29.6 Å². The minimum Gasteiger partial charge on any atom is -0.354 e. The summed E-state index contributed by atoms with van der Waals surface area (Å²) in [5.74, 6) is 0.624. The van der Waals surface area contributed by atoms with Gasteiger partial charge in [0.1, 0.15) is 5.69 Å². The molecule has 100 valence electrons. The Morgan fingerprint density at radius 1 is 1.44 bits per heavy atom. The summed E-state index contributed by atoms with van der Waals surface area (Å²) < 4.78 is 37.2. The molecule has 1 unspecified atom stereocenters. The zero-order chi connectivity index (χ0) is 13.0. The molecule has 0 aromatic carbocycles. The molecule has 0 aliphatic carbocycles. The average Bonchev–Trinajstić information content (AvgIpc) is 2.81. The fourth-order valence-corrected chi connectivity index (χ4v) is 1.95. The van der Waals surface area contributed by atoms with Crippen molar-refractivity contribution in [3.05, 3.63) is 18.0 Å². The van der Waals surface area contributed by atoms with Gasteiger partial charge in [-0.1, -0.05) is 0 Å². The van der Waals surface area contributed by atoms with Gasteiger partial charge in [-0.05, 0) is 37.9 Å². The van der Waals surface area contributed by atoms with Gasteiger partial charge in [0, 0.05) is 12.7 Å². The summed E-state index contributed by atoms with van der Waals surface area (Å²) in [5.41, 5.74) is -0.914. The molecule has 1 aromatic rings. The SMILES string of the molecule is FC(F)(F)c1ccnc(NCCC2CCNC2)n1. The highest BCUT2D eigenvalue weighted by Gasteiger charge is 2.32. The largest absolute Gasteiger partial charge is 0.433 e. The summed E-state index contributed by atoms with van der Waals surface area (Å²) in [5, 5.41) is 6.08. The van der Waals surface area contributed by atoms with E-state index in [1.165, 1.54) is 0 Å². The number of hydrogen-bond acceptors (Lipinski definition) is 4. The Bertz CT molecular complexity index is 388. The molecule has 0 amide bonds. The van der Waals surface area contributed by atoms with Gasteiger partial charge in [0.05, 0.1) is 0 Å². The molecule has 2 N–H and O–H groups in total. The van der Waals surface area contributed by atoms with Gasteiger partial charge >= 0.3 is 6.18 Å². The summed E-state index contributed by atoms with van der Waals surface area (Å²) in [7, 11) is 0. The van der Waals surface area contributed by atoms with E-state index in [4.69, 9.17) is 0 Å². The van der Waals surface area contributed by atoms with Crippen LogP contribution in [0.2, 0.25) is 0 Å². The van der Waals surface area contributed by atoms with Crippen molar-refractivity contribution in [2.75, 3.05) is 25.0 Å². The number of nitrogens with zero attached hydrogens (tertiary/aromatic N) is 2. The molecule has 1 fully saturated rings. The quantitative estimate of drug-likeness (QED) is 0.868. The topological polar surface area (TPSA) is 49.8 Å². The lowest BCUT2D eigenvalue weighted by molar-refractivity contribution is -0.141. The van der Waals surface area contributed by atoms with Crippen LogP contribution in [0, 0.1) is 5.92 Å². The summed E-state index contributed by atoms with van der Waals surface area (Å²) in [6.45, 7) is 2.59. The zero-order valence-corrected chi connectivity index (χ0v) is 9.80. The molecule has 7 heteroatoms. The Hall–Kier alpha value is -1.37. The second kappa shape index (κ2) is 5.51. The molecule has 0 spiro atoms. The second-order valence-electron chi connectivity index (χ2n) is 4.34. The van der Waals surface area contributed by atoms with Crippen LogP contribution in [0.25, 0.3) is 0 Å². The first kappa shape index (κ1) is 13.1. The first-order valence-corrected chi connectivity index (χ1v) is 5.90. The van der Waals surface area contributed by atoms with Gasteiger partial charge in [-0.25, -0.2) is 9.97 Å². The zero-order valence-electron chi connectivity index (χ0n) is 9.80. The molecule has 2 heterocycles. The van der Waals surface area contributed by atoms with E-state index >= 15 is 0 Å². The Labute approximate surface area is 103 Å². The second-order valence-corrected chi connectivity index (χ2v) is 4.34. The van der Waals surface area contributed by atoms with Gasteiger partial charge in [-0.15, -0.1) is 0 Å². The Balaban J connectivity index is 1.85.